The zero-order valence-electron chi connectivity index (χ0n) is 18.2. The number of nitrogens with zero attached hydrogens (tertiary/aromatic N) is 2. The molecule has 2 rings (SSSR count). The van der Waals surface area contributed by atoms with E-state index in [1.54, 1.807) is 0 Å². The van der Waals surface area contributed by atoms with E-state index >= 15 is 0 Å². The van der Waals surface area contributed by atoms with Crippen LogP contribution in [0.1, 0.15) is 32.3 Å². The third kappa shape index (κ3) is 16.5. The Kier molecular flexibility index (Phi) is 14.4. The van der Waals surface area contributed by atoms with E-state index in [9.17, 15) is 0 Å². The van der Waals surface area contributed by atoms with Crippen LogP contribution in [-0.2, 0) is 9.13 Å². The highest BCUT2D eigenvalue weighted by molar-refractivity contribution is 7.45. The van der Waals surface area contributed by atoms with E-state index in [0.717, 1.165) is 35.6 Å². The van der Waals surface area contributed by atoms with E-state index in [4.69, 9.17) is 50.1 Å². The molecule has 184 valence electrons. The van der Waals surface area contributed by atoms with Crippen LogP contribution in [0.15, 0.2) is 24.4 Å². The molecule has 1 heterocycles. The molecule has 0 fully saturated rings. The standard InChI is InChI=1S/C18H26ClN3.2H3O4P/c1-4-22(5-2)11-7-6-10-20-18-14(3)13-21-17-12-15(19)8-9-16(17)18;2*1-5(2,3)4/h8-9,12-13H,4-7,10-11H2,1-3H3,(H,20,21);2*(H3,1,2,3,4). The number of nitrogens with one attached hydrogen (secondary N) is 1. The van der Waals surface area contributed by atoms with Crippen molar-refractivity contribution in [3.05, 3.63) is 35.0 Å². The van der Waals surface area contributed by atoms with E-state index in [2.05, 4.69) is 42.0 Å². The average molecular weight is 516 g/mol. The summed E-state index contributed by atoms with van der Waals surface area (Å²) in [5.41, 5.74) is 3.31. The second-order valence-electron chi connectivity index (χ2n) is 6.67. The van der Waals surface area contributed by atoms with Gasteiger partial charge in [-0.1, -0.05) is 25.4 Å². The smallest absolute Gasteiger partial charge is 0.384 e. The molecule has 32 heavy (non-hydrogen) atoms. The summed E-state index contributed by atoms with van der Waals surface area (Å²) >= 11 is 6.05. The van der Waals surface area contributed by atoms with E-state index in [1.165, 1.54) is 30.6 Å². The van der Waals surface area contributed by atoms with Crippen molar-refractivity contribution in [1.29, 1.82) is 0 Å². The zero-order valence-corrected chi connectivity index (χ0v) is 20.8. The van der Waals surface area contributed by atoms with Gasteiger partial charge in [0.1, 0.15) is 0 Å². The molecule has 0 aliphatic rings. The van der Waals surface area contributed by atoms with Gasteiger partial charge in [-0.15, -0.1) is 0 Å². The molecule has 1 aromatic heterocycles. The molecule has 1 aromatic carbocycles. The summed E-state index contributed by atoms with van der Waals surface area (Å²) < 4.78 is 17.8. The van der Waals surface area contributed by atoms with Gasteiger partial charge >= 0.3 is 15.6 Å². The maximum Gasteiger partial charge on any atom is 0.466 e. The highest BCUT2D eigenvalue weighted by Crippen LogP contribution is 2.28. The topological polar surface area (TPSA) is 184 Å². The molecule has 0 spiro atoms. The number of unbranched alkanes of at least 4 members (excludes halogenated alkanes) is 1. The van der Waals surface area contributed by atoms with E-state index in [0.29, 0.717) is 0 Å². The summed E-state index contributed by atoms with van der Waals surface area (Å²) in [6, 6.07) is 5.90. The summed E-state index contributed by atoms with van der Waals surface area (Å²) in [5.74, 6) is 0. The summed E-state index contributed by atoms with van der Waals surface area (Å²) in [6.07, 6.45) is 4.31. The van der Waals surface area contributed by atoms with Crippen molar-refractivity contribution >= 4 is 43.8 Å². The van der Waals surface area contributed by atoms with Crippen LogP contribution >= 0.6 is 27.2 Å². The number of aryl methyl sites for hydroxylation is 1. The molecule has 0 aliphatic carbocycles. The Morgan fingerprint density at radius 2 is 1.53 bits per heavy atom. The summed E-state index contributed by atoms with van der Waals surface area (Å²) in [6.45, 7) is 11.0. The van der Waals surface area contributed by atoms with Crippen LogP contribution < -0.4 is 5.32 Å². The molecule has 0 atom stereocenters. The molecule has 0 saturated heterocycles. The predicted molar refractivity (Wildman–Crippen MR) is 126 cm³/mol. The SMILES string of the molecule is CCN(CC)CCCCNc1c(C)cnc2cc(Cl)ccc12.O=P(O)(O)O.O=P(O)(O)O. The van der Waals surface area contributed by atoms with Gasteiger partial charge in [-0.3, -0.25) is 4.98 Å². The molecule has 0 radical (unpaired) electrons. The largest absolute Gasteiger partial charge is 0.466 e. The molecule has 0 amide bonds. The molecule has 0 aliphatic heterocycles. The highest BCUT2D eigenvalue weighted by atomic mass is 35.5. The Balaban J connectivity index is 0.000000805. The maximum atomic E-state index is 8.88. The second-order valence-corrected chi connectivity index (χ2v) is 9.15. The van der Waals surface area contributed by atoms with Crippen molar-refractivity contribution in [2.75, 3.05) is 31.5 Å². The Morgan fingerprint density at radius 3 is 2.03 bits per heavy atom. The van der Waals surface area contributed by atoms with Crippen molar-refractivity contribution in [1.82, 2.24) is 9.88 Å². The number of pyridine rings is 1. The minimum absolute atomic E-state index is 0.731. The van der Waals surface area contributed by atoms with Crippen molar-refractivity contribution in [2.45, 2.75) is 33.6 Å². The first-order valence-electron chi connectivity index (χ1n) is 9.73. The number of benzene rings is 1. The molecule has 11 nitrogen and oxygen atoms in total. The summed E-state index contributed by atoms with van der Waals surface area (Å²) in [7, 11) is -9.28. The zero-order chi connectivity index (χ0) is 24.9. The lowest BCUT2D eigenvalue weighted by atomic mass is 10.1. The van der Waals surface area contributed by atoms with Gasteiger partial charge in [0.05, 0.1) is 5.52 Å². The Hall–Kier alpha value is -1.10. The van der Waals surface area contributed by atoms with Gasteiger partial charge in [-0.2, -0.15) is 0 Å². The van der Waals surface area contributed by atoms with E-state index in [1.807, 2.05) is 18.3 Å². The normalized spacial score (nSPS) is 11.5. The molecular weight excluding hydrogens is 484 g/mol. The summed E-state index contributed by atoms with van der Waals surface area (Å²) in [5, 5.41) is 5.46. The molecule has 14 heteroatoms. The van der Waals surface area contributed by atoms with Crippen LogP contribution in [0.2, 0.25) is 5.02 Å². The fraction of sp³-hybridized carbons (Fsp3) is 0.500. The van der Waals surface area contributed by atoms with Crippen LogP contribution in [0.4, 0.5) is 5.69 Å². The number of halogens is 1. The van der Waals surface area contributed by atoms with Gasteiger partial charge in [0.15, 0.2) is 0 Å². The number of hydrogen-bond acceptors (Lipinski definition) is 5. The number of anilines is 1. The quantitative estimate of drug-likeness (QED) is 0.202. The molecule has 0 bridgehead atoms. The first-order chi connectivity index (χ1) is 14.7. The van der Waals surface area contributed by atoms with Gasteiger partial charge in [0.2, 0.25) is 0 Å². The van der Waals surface area contributed by atoms with Crippen LogP contribution in [0.25, 0.3) is 10.9 Å². The molecular formula is C18H32ClN3O8P2. The number of aromatic nitrogens is 1. The second kappa shape index (κ2) is 14.9. The third-order valence-electron chi connectivity index (χ3n) is 4.12. The van der Waals surface area contributed by atoms with Crippen LogP contribution in [0, 0.1) is 6.92 Å². The van der Waals surface area contributed by atoms with Gasteiger partial charge in [0.25, 0.3) is 0 Å². The Morgan fingerprint density at radius 1 is 1.00 bits per heavy atom. The minimum Gasteiger partial charge on any atom is -0.384 e. The lowest BCUT2D eigenvalue weighted by molar-refractivity contribution is 0.272. The number of phosphoric acid groups is 2. The first-order valence-corrected chi connectivity index (χ1v) is 13.2. The van der Waals surface area contributed by atoms with Gasteiger partial charge in [-0.05, 0) is 63.2 Å². The third-order valence-corrected chi connectivity index (χ3v) is 4.35. The summed E-state index contributed by atoms with van der Waals surface area (Å²) in [4.78, 5) is 50.1. The lowest BCUT2D eigenvalue weighted by Crippen LogP contribution is -2.24. The number of fused-ring (bicyclic) bond motifs is 1. The van der Waals surface area contributed by atoms with E-state index < -0.39 is 15.6 Å². The molecule has 0 saturated carbocycles. The van der Waals surface area contributed by atoms with Crippen LogP contribution in [-0.4, -0.2) is 65.4 Å². The Labute approximate surface area is 192 Å². The van der Waals surface area contributed by atoms with Gasteiger partial charge in [0, 0.05) is 28.8 Å². The fourth-order valence-corrected chi connectivity index (χ4v) is 2.88. The predicted octanol–water partition coefficient (Wildman–Crippen LogP) is 2.87. The van der Waals surface area contributed by atoms with Crippen LogP contribution in [0.3, 0.4) is 0 Å². The fourth-order valence-electron chi connectivity index (χ4n) is 2.71. The van der Waals surface area contributed by atoms with Crippen molar-refractivity contribution in [2.24, 2.45) is 0 Å². The molecule has 0 unspecified atom stereocenters. The average Bonchev–Trinajstić information content (AvgIpc) is 2.63. The van der Waals surface area contributed by atoms with Gasteiger partial charge in [-0.25, -0.2) is 9.13 Å². The van der Waals surface area contributed by atoms with Crippen LogP contribution in [0.5, 0.6) is 0 Å². The van der Waals surface area contributed by atoms with Gasteiger partial charge < -0.3 is 39.6 Å². The minimum atomic E-state index is -4.64. The van der Waals surface area contributed by atoms with Crippen molar-refractivity contribution in [3.63, 3.8) is 0 Å². The Bertz CT molecular complexity index is 882. The van der Waals surface area contributed by atoms with Crippen molar-refractivity contribution < 1.29 is 38.5 Å². The van der Waals surface area contributed by atoms with Crippen molar-refractivity contribution in [3.8, 4) is 0 Å². The first kappa shape index (κ1) is 30.9. The number of hydrogen-bond donors (Lipinski definition) is 7. The van der Waals surface area contributed by atoms with E-state index in [-0.39, 0.29) is 0 Å². The highest BCUT2D eigenvalue weighted by Gasteiger charge is 2.06. The monoisotopic (exact) mass is 515 g/mol. The molecule has 2 aromatic rings. The maximum absolute atomic E-state index is 8.88. The molecule has 7 N–H and O–H groups in total. The number of rotatable bonds is 8. The lowest BCUT2D eigenvalue weighted by Gasteiger charge is -2.18.